The third-order valence-corrected chi connectivity index (χ3v) is 13.3. The van der Waals surface area contributed by atoms with Crippen LogP contribution in [0, 0.1) is 5.92 Å². The minimum atomic E-state index is -3.97. The molecule has 4 atom stereocenters. The molecular formula is C40H48N6O8S. The number of allylic oxidation sites excluding steroid dienone is 1. The molecule has 0 bridgehead atoms. The summed E-state index contributed by atoms with van der Waals surface area (Å²) in [7, 11) is -0.910. The monoisotopic (exact) mass is 772 g/mol. The summed E-state index contributed by atoms with van der Waals surface area (Å²) in [4.78, 5) is 55.2. The third-order valence-electron chi connectivity index (χ3n) is 11.1. The number of methoxy groups -OCH3 is 2. The van der Waals surface area contributed by atoms with Crippen LogP contribution >= 0.6 is 0 Å². The van der Waals surface area contributed by atoms with Gasteiger partial charge in [0.1, 0.15) is 23.4 Å². The predicted octanol–water partition coefficient (Wildman–Crippen LogP) is 4.61. The van der Waals surface area contributed by atoms with E-state index in [0.717, 1.165) is 36.8 Å². The summed E-state index contributed by atoms with van der Waals surface area (Å²) in [6.07, 6.45) is 7.68. The highest BCUT2D eigenvalue weighted by Crippen LogP contribution is 2.47. The topological polar surface area (TPSA) is 169 Å². The zero-order valence-electron chi connectivity index (χ0n) is 31.4. The van der Waals surface area contributed by atoms with Crippen LogP contribution in [0.4, 0.5) is 4.79 Å². The molecule has 3 heterocycles. The van der Waals surface area contributed by atoms with Crippen molar-refractivity contribution in [2.75, 3.05) is 27.3 Å². The van der Waals surface area contributed by atoms with E-state index in [1.54, 1.807) is 25.0 Å². The number of benzene rings is 2. The lowest BCUT2D eigenvalue weighted by Crippen LogP contribution is -2.58. The average Bonchev–Trinajstić information content (AvgIpc) is 4.07. The molecule has 0 radical (unpaired) electrons. The van der Waals surface area contributed by atoms with E-state index in [-0.39, 0.29) is 37.3 Å². The summed E-state index contributed by atoms with van der Waals surface area (Å²) in [5, 5.41) is 2.94. The Bertz CT molecular complexity index is 2040. The van der Waals surface area contributed by atoms with Gasteiger partial charge in [0.15, 0.2) is 0 Å². The number of rotatable bonds is 10. The van der Waals surface area contributed by atoms with Crippen molar-refractivity contribution in [2.24, 2.45) is 5.92 Å². The fourth-order valence-electron chi connectivity index (χ4n) is 7.27. The summed E-state index contributed by atoms with van der Waals surface area (Å²) >= 11 is 0. The van der Waals surface area contributed by atoms with Gasteiger partial charge in [-0.2, -0.15) is 9.97 Å². The first kappa shape index (κ1) is 38.1. The Morgan fingerprint density at radius 1 is 1.00 bits per heavy atom. The number of carbonyl (C=O) groups excluding carboxylic acids is 3. The number of carbonyl (C=O) groups is 3. The Hall–Kier alpha value is -5.18. The summed E-state index contributed by atoms with van der Waals surface area (Å²) in [5.74, 6) is -0.825. The van der Waals surface area contributed by atoms with Crippen LogP contribution in [0.5, 0.6) is 17.6 Å². The van der Waals surface area contributed by atoms with E-state index in [1.165, 1.54) is 12.0 Å². The zero-order valence-corrected chi connectivity index (χ0v) is 32.2. The molecular weight excluding hydrogens is 725 g/mol. The molecule has 3 aromatic rings. The zero-order chi connectivity index (χ0) is 38.8. The lowest BCUT2D eigenvalue weighted by molar-refractivity contribution is -0.131. The molecule has 1 aromatic heterocycles. The Morgan fingerprint density at radius 2 is 1.76 bits per heavy atom. The lowest BCUT2D eigenvalue weighted by Gasteiger charge is -2.32. The van der Waals surface area contributed by atoms with E-state index >= 15 is 0 Å². The highest BCUT2D eigenvalue weighted by molar-refractivity contribution is 7.91. The molecule has 14 nitrogen and oxygen atoms in total. The van der Waals surface area contributed by atoms with Crippen molar-refractivity contribution in [3.05, 3.63) is 78.4 Å². The first-order chi connectivity index (χ1) is 26.4. The van der Waals surface area contributed by atoms with Crippen molar-refractivity contribution in [3.63, 3.8) is 0 Å². The van der Waals surface area contributed by atoms with Gasteiger partial charge in [-0.1, -0.05) is 61.0 Å². The molecule has 3 fully saturated rings. The van der Waals surface area contributed by atoms with Crippen LogP contribution in [0.15, 0.2) is 72.8 Å². The highest BCUT2D eigenvalue weighted by atomic mass is 32.2. The van der Waals surface area contributed by atoms with E-state index in [0.29, 0.717) is 37.4 Å². The number of hydrogen-bond donors (Lipinski definition) is 2. The number of hydrogen-bond acceptors (Lipinski definition) is 10. The standard InChI is InChI=1S/C40H48N6O8S/c1-39(19-20-39)55(50,51)44-36(48)40-24-29(40)14-10-5-4-6-11-21-45(25-27-15-17-30(52-2)18-16-27)38(49)46-26-31(22-33(46)35(47)43-40)54-34-23-32(41-37(42-34)53-3)28-12-8-7-9-13-28/h7-10,12-18,23,29,31,33H,4-6,11,19-22,24-26H2,1-3H3,(H,43,47)(H,44,48)/b14-10-/t29-,31-,33+,40-/m1/s1. The fraction of sp³-hybridized carbons (Fsp3) is 0.475. The van der Waals surface area contributed by atoms with Crippen molar-refractivity contribution >= 4 is 27.9 Å². The lowest BCUT2D eigenvalue weighted by atomic mass is 10.1. The van der Waals surface area contributed by atoms with Gasteiger partial charge < -0.3 is 29.3 Å². The van der Waals surface area contributed by atoms with Crippen LogP contribution in [0.3, 0.4) is 0 Å². The second kappa shape index (κ2) is 15.5. The minimum Gasteiger partial charge on any atom is -0.497 e. The van der Waals surface area contributed by atoms with Crippen molar-refractivity contribution in [1.82, 2.24) is 29.8 Å². The van der Waals surface area contributed by atoms with Crippen LogP contribution in [0.25, 0.3) is 11.3 Å². The third kappa shape index (κ3) is 8.26. The van der Waals surface area contributed by atoms with Gasteiger partial charge in [0.05, 0.1) is 31.2 Å². The van der Waals surface area contributed by atoms with Crippen molar-refractivity contribution in [1.29, 1.82) is 0 Å². The summed E-state index contributed by atoms with van der Waals surface area (Å²) in [5.41, 5.74) is 0.815. The molecule has 55 heavy (non-hydrogen) atoms. The van der Waals surface area contributed by atoms with Crippen molar-refractivity contribution in [3.8, 4) is 28.9 Å². The van der Waals surface area contributed by atoms with Gasteiger partial charge in [0, 0.05) is 37.1 Å². The maximum absolute atomic E-state index is 14.7. The van der Waals surface area contributed by atoms with Crippen LogP contribution in [0.1, 0.15) is 63.9 Å². The Kier molecular flexibility index (Phi) is 10.8. The first-order valence-corrected chi connectivity index (χ1v) is 20.3. The Balaban J connectivity index is 1.19. The summed E-state index contributed by atoms with van der Waals surface area (Å²) < 4.78 is 44.7. The van der Waals surface area contributed by atoms with Gasteiger partial charge in [-0.05, 0) is 63.1 Å². The normalized spacial score (nSPS) is 25.6. The summed E-state index contributed by atoms with van der Waals surface area (Å²) in [6.45, 7) is 2.42. The Morgan fingerprint density at radius 3 is 2.47 bits per heavy atom. The van der Waals surface area contributed by atoms with Crippen molar-refractivity contribution in [2.45, 2.75) is 87.3 Å². The van der Waals surface area contributed by atoms with Crippen LogP contribution in [0.2, 0.25) is 0 Å². The van der Waals surface area contributed by atoms with Gasteiger partial charge in [-0.15, -0.1) is 0 Å². The fourth-order valence-corrected chi connectivity index (χ4v) is 8.58. The maximum Gasteiger partial charge on any atom is 0.321 e. The van der Waals surface area contributed by atoms with Crippen molar-refractivity contribution < 1.29 is 37.0 Å². The molecule has 15 heteroatoms. The van der Waals surface area contributed by atoms with Crippen LogP contribution in [-0.2, 0) is 26.2 Å². The van der Waals surface area contributed by atoms with E-state index in [4.69, 9.17) is 14.2 Å². The average molecular weight is 773 g/mol. The molecule has 4 amide bonds. The smallest absolute Gasteiger partial charge is 0.321 e. The molecule has 2 saturated carbocycles. The van der Waals surface area contributed by atoms with E-state index < -0.39 is 50.2 Å². The molecule has 1 saturated heterocycles. The number of ether oxygens (including phenoxy) is 3. The molecule has 2 aliphatic heterocycles. The number of fused-ring (bicyclic) bond motifs is 2. The van der Waals surface area contributed by atoms with Crippen LogP contribution < -0.4 is 24.2 Å². The minimum absolute atomic E-state index is 0.0539. The van der Waals surface area contributed by atoms with Gasteiger partial charge in [-0.3, -0.25) is 14.3 Å². The molecule has 7 rings (SSSR count). The van der Waals surface area contributed by atoms with E-state index in [9.17, 15) is 22.8 Å². The van der Waals surface area contributed by atoms with Gasteiger partial charge >= 0.3 is 12.0 Å². The molecule has 2 aliphatic carbocycles. The summed E-state index contributed by atoms with van der Waals surface area (Å²) in [6, 6.07) is 17.4. The quantitative estimate of drug-likeness (QED) is 0.278. The van der Waals surface area contributed by atoms with Crippen LogP contribution in [-0.4, -0.2) is 95.8 Å². The number of urea groups is 1. The number of aromatic nitrogens is 2. The van der Waals surface area contributed by atoms with Gasteiger partial charge in [0.2, 0.25) is 21.8 Å². The highest BCUT2D eigenvalue weighted by Gasteiger charge is 2.63. The SMILES string of the molecule is COc1ccc(CN2CCCCC/C=C\[C@@H]3C[C@@]3(C(=O)NS(=O)(=O)C3(C)CC3)NC(=O)[C@@H]3C[C@@H](Oc4cc(-c5ccccc5)nc(OC)n4)CN3C2=O)cc1. The predicted molar refractivity (Wildman–Crippen MR) is 204 cm³/mol. The number of sulfonamides is 1. The number of nitrogens with zero attached hydrogens (tertiary/aromatic N) is 4. The maximum atomic E-state index is 14.7. The largest absolute Gasteiger partial charge is 0.497 e. The second-order valence-corrected chi connectivity index (χ2v) is 17.3. The molecule has 2 N–H and O–H groups in total. The molecule has 292 valence electrons. The molecule has 0 unspecified atom stereocenters. The van der Waals surface area contributed by atoms with Gasteiger partial charge in [-0.25, -0.2) is 13.2 Å². The molecule has 4 aliphatic rings. The second-order valence-electron chi connectivity index (χ2n) is 15.1. The molecule has 0 spiro atoms. The Labute approximate surface area is 321 Å². The van der Waals surface area contributed by atoms with E-state index in [2.05, 4.69) is 20.0 Å². The van der Waals surface area contributed by atoms with Gasteiger partial charge in [0.25, 0.3) is 5.91 Å². The van der Waals surface area contributed by atoms with E-state index in [1.807, 2.05) is 66.7 Å². The molecule has 2 aromatic carbocycles. The number of nitrogens with one attached hydrogen (secondary N) is 2. The number of amides is 4. The first-order valence-electron chi connectivity index (χ1n) is 18.8.